The Labute approximate surface area is 107 Å². The summed E-state index contributed by atoms with van der Waals surface area (Å²) in [4.78, 5) is 11.3. The van der Waals surface area contributed by atoms with Gasteiger partial charge in [-0.05, 0) is 49.7 Å². The van der Waals surface area contributed by atoms with E-state index in [0.717, 1.165) is 11.4 Å². The number of anilines is 3. The molecule has 0 saturated heterocycles. The summed E-state index contributed by atoms with van der Waals surface area (Å²) in [6.07, 6.45) is 0. The zero-order valence-electron chi connectivity index (χ0n) is 10.5. The summed E-state index contributed by atoms with van der Waals surface area (Å²) in [5, 5.41) is 3.26. The van der Waals surface area contributed by atoms with Crippen molar-refractivity contribution in [2.45, 2.75) is 13.8 Å². The maximum Gasteiger partial charge on any atom is 0.161 e. The molecule has 0 aliphatic carbocycles. The number of carbonyl (C=O) groups is 1. The molecule has 0 bridgehead atoms. The van der Waals surface area contributed by atoms with Crippen LogP contribution in [0.5, 0.6) is 0 Å². The second-order valence-electron chi connectivity index (χ2n) is 4.35. The molecule has 2 aromatic rings. The van der Waals surface area contributed by atoms with Crippen molar-refractivity contribution in [2.75, 3.05) is 11.1 Å². The fraction of sp³-hybridized carbons (Fsp3) is 0.133. The highest BCUT2D eigenvalue weighted by atomic mass is 16.1. The lowest BCUT2D eigenvalue weighted by Crippen LogP contribution is -2.00. The van der Waals surface area contributed by atoms with Gasteiger partial charge in [-0.15, -0.1) is 0 Å². The SMILES string of the molecule is CC(=O)c1ccc(Nc2cccc(C)c2)cc1N. The van der Waals surface area contributed by atoms with E-state index in [-0.39, 0.29) is 5.78 Å². The Bertz CT molecular complexity index is 591. The predicted octanol–water partition coefficient (Wildman–Crippen LogP) is 3.52. The van der Waals surface area contributed by atoms with Crippen molar-refractivity contribution in [3.05, 3.63) is 53.6 Å². The summed E-state index contributed by atoms with van der Waals surface area (Å²) in [6.45, 7) is 3.55. The van der Waals surface area contributed by atoms with Crippen LogP contribution in [-0.4, -0.2) is 5.78 Å². The molecule has 3 N–H and O–H groups in total. The van der Waals surface area contributed by atoms with Gasteiger partial charge in [0.05, 0.1) is 0 Å². The second-order valence-corrected chi connectivity index (χ2v) is 4.35. The van der Waals surface area contributed by atoms with Gasteiger partial charge in [0.1, 0.15) is 0 Å². The van der Waals surface area contributed by atoms with Crippen LogP contribution in [0, 0.1) is 6.92 Å². The molecule has 0 aliphatic rings. The van der Waals surface area contributed by atoms with Gasteiger partial charge in [-0.25, -0.2) is 0 Å². The van der Waals surface area contributed by atoms with Gasteiger partial charge in [0.15, 0.2) is 5.78 Å². The summed E-state index contributed by atoms with van der Waals surface area (Å²) in [6, 6.07) is 13.4. The van der Waals surface area contributed by atoms with E-state index in [0.29, 0.717) is 11.3 Å². The Morgan fingerprint density at radius 2 is 1.83 bits per heavy atom. The smallest absolute Gasteiger partial charge is 0.161 e. The molecule has 0 heterocycles. The number of nitrogens with one attached hydrogen (secondary N) is 1. The number of nitrogens with two attached hydrogens (primary N) is 1. The first kappa shape index (κ1) is 12.2. The number of Topliss-reactive ketones (excluding diaryl/α,β-unsaturated/α-hetero) is 1. The fourth-order valence-corrected chi connectivity index (χ4v) is 1.85. The highest BCUT2D eigenvalue weighted by molar-refractivity contribution is 5.99. The van der Waals surface area contributed by atoms with E-state index in [9.17, 15) is 4.79 Å². The minimum atomic E-state index is -0.0189. The number of nitrogen functional groups attached to an aromatic ring is 1. The van der Waals surface area contributed by atoms with Gasteiger partial charge in [-0.2, -0.15) is 0 Å². The Balaban J connectivity index is 2.25. The zero-order valence-corrected chi connectivity index (χ0v) is 10.5. The molecule has 0 aromatic heterocycles. The first-order valence-electron chi connectivity index (χ1n) is 5.80. The third-order valence-corrected chi connectivity index (χ3v) is 2.74. The normalized spacial score (nSPS) is 10.1. The van der Waals surface area contributed by atoms with Crippen LogP contribution in [0.3, 0.4) is 0 Å². The highest BCUT2D eigenvalue weighted by Gasteiger charge is 2.05. The summed E-state index contributed by atoms with van der Waals surface area (Å²) >= 11 is 0. The molecular formula is C15H16N2O. The minimum absolute atomic E-state index is 0.0189. The molecule has 2 rings (SSSR count). The van der Waals surface area contributed by atoms with E-state index in [1.165, 1.54) is 12.5 Å². The molecule has 0 aliphatic heterocycles. The lowest BCUT2D eigenvalue weighted by atomic mass is 10.1. The number of rotatable bonds is 3. The molecule has 0 saturated carbocycles. The van der Waals surface area contributed by atoms with Gasteiger partial charge in [-0.1, -0.05) is 12.1 Å². The van der Waals surface area contributed by atoms with E-state index >= 15 is 0 Å². The van der Waals surface area contributed by atoms with Crippen molar-refractivity contribution in [3.8, 4) is 0 Å². The molecule has 0 fully saturated rings. The maximum absolute atomic E-state index is 11.3. The molecule has 0 spiro atoms. The molecule has 3 heteroatoms. The van der Waals surface area contributed by atoms with E-state index in [2.05, 4.69) is 11.4 Å². The Morgan fingerprint density at radius 3 is 2.44 bits per heavy atom. The molecule has 3 nitrogen and oxygen atoms in total. The molecule has 0 unspecified atom stereocenters. The van der Waals surface area contributed by atoms with Crippen molar-refractivity contribution in [1.29, 1.82) is 0 Å². The van der Waals surface area contributed by atoms with Gasteiger partial charge in [0.2, 0.25) is 0 Å². The van der Waals surface area contributed by atoms with Crippen LogP contribution in [0.4, 0.5) is 17.1 Å². The highest BCUT2D eigenvalue weighted by Crippen LogP contribution is 2.22. The van der Waals surface area contributed by atoms with Crippen LogP contribution in [0.25, 0.3) is 0 Å². The van der Waals surface area contributed by atoms with Crippen molar-refractivity contribution in [1.82, 2.24) is 0 Å². The molecular weight excluding hydrogens is 224 g/mol. The molecule has 0 radical (unpaired) electrons. The van der Waals surface area contributed by atoms with Crippen LogP contribution in [0.1, 0.15) is 22.8 Å². The van der Waals surface area contributed by atoms with E-state index in [4.69, 9.17) is 5.73 Å². The summed E-state index contributed by atoms with van der Waals surface area (Å²) in [5.74, 6) is -0.0189. The van der Waals surface area contributed by atoms with Gasteiger partial charge in [0.25, 0.3) is 0 Å². The first-order chi connectivity index (χ1) is 8.56. The van der Waals surface area contributed by atoms with Gasteiger partial charge in [-0.3, -0.25) is 4.79 Å². The van der Waals surface area contributed by atoms with Crippen molar-refractivity contribution >= 4 is 22.8 Å². The lowest BCUT2D eigenvalue weighted by molar-refractivity contribution is 0.101. The summed E-state index contributed by atoms with van der Waals surface area (Å²) in [5.41, 5.74) is 9.98. The van der Waals surface area contributed by atoms with Crippen molar-refractivity contribution < 1.29 is 4.79 Å². The van der Waals surface area contributed by atoms with E-state index in [1.54, 1.807) is 12.1 Å². The predicted molar refractivity (Wildman–Crippen MR) is 75.3 cm³/mol. The third kappa shape index (κ3) is 2.69. The average Bonchev–Trinajstić information content (AvgIpc) is 2.28. The Hall–Kier alpha value is -2.29. The fourth-order valence-electron chi connectivity index (χ4n) is 1.85. The van der Waals surface area contributed by atoms with Gasteiger partial charge in [0, 0.05) is 22.6 Å². The largest absolute Gasteiger partial charge is 0.398 e. The standard InChI is InChI=1S/C15H16N2O/c1-10-4-3-5-12(8-10)17-13-6-7-14(11(2)18)15(16)9-13/h3-9,17H,16H2,1-2H3. The van der Waals surface area contributed by atoms with Crippen molar-refractivity contribution in [3.63, 3.8) is 0 Å². The number of carbonyl (C=O) groups excluding carboxylic acids is 1. The number of hydrogen-bond acceptors (Lipinski definition) is 3. The summed E-state index contributed by atoms with van der Waals surface area (Å²) < 4.78 is 0. The molecule has 18 heavy (non-hydrogen) atoms. The zero-order chi connectivity index (χ0) is 13.1. The van der Waals surface area contributed by atoms with E-state index in [1.807, 2.05) is 31.2 Å². The Morgan fingerprint density at radius 1 is 1.11 bits per heavy atom. The second kappa shape index (κ2) is 4.92. The topological polar surface area (TPSA) is 55.1 Å². The first-order valence-corrected chi connectivity index (χ1v) is 5.80. The van der Waals surface area contributed by atoms with E-state index < -0.39 is 0 Å². The number of ketones is 1. The Kier molecular flexibility index (Phi) is 3.33. The number of benzene rings is 2. The molecule has 2 aromatic carbocycles. The van der Waals surface area contributed by atoms with Crippen LogP contribution >= 0.6 is 0 Å². The summed E-state index contributed by atoms with van der Waals surface area (Å²) in [7, 11) is 0. The monoisotopic (exact) mass is 240 g/mol. The van der Waals surface area contributed by atoms with Gasteiger partial charge < -0.3 is 11.1 Å². The maximum atomic E-state index is 11.3. The third-order valence-electron chi connectivity index (χ3n) is 2.74. The molecule has 0 amide bonds. The van der Waals surface area contributed by atoms with Crippen LogP contribution in [0.15, 0.2) is 42.5 Å². The average molecular weight is 240 g/mol. The van der Waals surface area contributed by atoms with Crippen LogP contribution < -0.4 is 11.1 Å². The minimum Gasteiger partial charge on any atom is -0.398 e. The van der Waals surface area contributed by atoms with Gasteiger partial charge >= 0.3 is 0 Å². The lowest BCUT2D eigenvalue weighted by Gasteiger charge is -2.09. The molecule has 0 atom stereocenters. The quantitative estimate of drug-likeness (QED) is 0.637. The van der Waals surface area contributed by atoms with Crippen LogP contribution in [0.2, 0.25) is 0 Å². The number of hydrogen-bond donors (Lipinski definition) is 2. The van der Waals surface area contributed by atoms with Crippen LogP contribution in [-0.2, 0) is 0 Å². The molecule has 92 valence electrons. The number of aryl methyl sites for hydroxylation is 1. The van der Waals surface area contributed by atoms with Crippen molar-refractivity contribution in [2.24, 2.45) is 0 Å².